The number of benzene rings is 1. The largest absolute Gasteiger partial charge is 0.394 e. The SMILES string of the molecule is CC[C@@H](CO)Nc1ccnc(Nc2cccc(NC(=O)N(C)CC)c2)n1. The first-order chi connectivity index (χ1) is 12.5. The fourth-order valence-electron chi connectivity index (χ4n) is 2.15. The van der Waals surface area contributed by atoms with Crippen LogP contribution in [0.2, 0.25) is 0 Å². The maximum Gasteiger partial charge on any atom is 0.321 e. The molecule has 2 amide bonds. The zero-order valence-corrected chi connectivity index (χ0v) is 15.4. The second kappa shape index (κ2) is 9.57. The van der Waals surface area contributed by atoms with Crippen LogP contribution in [-0.4, -0.2) is 52.2 Å². The van der Waals surface area contributed by atoms with Crippen LogP contribution in [0.1, 0.15) is 20.3 Å². The summed E-state index contributed by atoms with van der Waals surface area (Å²) in [5.74, 6) is 1.06. The molecule has 0 unspecified atom stereocenters. The molecule has 2 rings (SSSR count). The van der Waals surface area contributed by atoms with Gasteiger partial charge in [-0.15, -0.1) is 0 Å². The monoisotopic (exact) mass is 358 g/mol. The third kappa shape index (κ3) is 5.59. The number of carbonyl (C=O) groups excluding carboxylic acids is 1. The van der Waals surface area contributed by atoms with E-state index in [2.05, 4.69) is 25.9 Å². The Kier molecular flexibility index (Phi) is 7.16. The van der Waals surface area contributed by atoms with Crippen LogP contribution in [0.25, 0.3) is 0 Å². The lowest BCUT2D eigenvalue weighted by atomic mass is 10.2. The number of hydrogen-bond donors (Lipinski definition) is 4. The number of anilines is 4. The van der Waals surface area contributed by atoms with E-state index in [0.29, 0.717) is 24.0 Å². The van der Waals surface area contributed by atoms with E-state index in [-0.39, 0.29) is 18.7 Å². The maximum atomic E-state index is 12.0. The fraction of sp³-hybridized carbons (Fsp3) is 0.389. The molecule has 0 fully saturated rings. The molecule has 1 aromatic carbocycles. The first-order valence-corrected chi connectivity index (χ1v) is 8.65. The molecule has 8 nitrogen and oxygen atoms in total. The van der Waals surface area contributed by atoms with Gasteiger partial charge in [0.25, 0.3) is 0 Å². The molecule has 1 heterocycles. The maximum absolute atomic E-state index is 12.0. The minimum Gasteiger partial charge on any atom is -0.394 e. The van der Waals surface area contributed by atoms with Gasteiger partial charge in [0, 0.05) is 31.2 Å². The topological polar surface area (TPSA) is 102 Å². The Labute approximate surface area is 153 Å². The van der Waals surface area contributed by atoms with E-state index in [4.69, 9.17) is 0 Å². The van der Waals surface area contributed by atoms with Gasteiger partial charge in [0.05, 0.1) is 12.6 Å². The third-order valence-electron chi connectivity index (χ3n) is 3.91. The Morgan fingerprint density at radius 3 is 2.73 bits per heavy atom. The summed E-state index contributed by atoms with van der Waals surface area (Å²) in [7, 11) is 1.74. The Bertz CT molecular complexity index is 720. The lowest BCUT2D eigenvalue weighted by Gasteiger charge is -2.16. The van der Waals surface area contributed by atoms with Crippen molar-refractivity contribution < 1.29 is 9.90 Å². The van der Waals surface area contributed by atoms with Crippen molar-refractivity contribution in [1.29, 1.82) is 0 Å². The summed E-state index contributed by atoms with van der Waals surface area (Å²) in [5, 5.41) is 18.4. The van der Waals surface area contributed by atoms with Crippen molar-refractivity contribution in [3.63, 3.8) is 0 Å². The highest BCUT2D eigenvalue weighted by molar-refractivity contribution is 5.89. The van der Waals surface area contributed by atoms with Crippen molar-refractivity contribution in [2.45, 2.75) is 26.3 Å². The molecule has 1 atom stereocenters. The van der Waals surface area contributed by atoms with Crippen LogP contribution in [0.15, 0.2) is 36.5 Å². The molecular weight excluding hydrogens is 332 g/mol. The highest BCUT2D eigenvalue weighted by Crippen LogP contribution is 2.19. The van der Waals surface area contributed by atoms with E-state index < -0.39 is 0 Å². The number of rotatable bonds is 8. The van der Waals surface area contributed by atoms with E-state index >= 15 is 0 Å². The van der Waals surface area contributed by atoms with E-state index in [0.717, 1.165) is 12.1 Å². The second-order valence-corrected chi connectivity index (χ2v) is 5.85. The first-order valence-electron chi connectivity index (χ1n) is 8.65. The normalized spacial score (nSPS) is 11.5. The molecule has 4 N–H and O–H groups in total. The number of hydrogen-bond acceptors (Lipinski definition) is 6. The number of nitrogens with one attached hydrogen (secondary N) is 3. The summed E-state index contributed by atoms with van der Waals surface area (Å²) < 4.78 is 0. The highest BCUT2D eigenvalue weighted by atomic mass is 16.3. The quantitative estimate of drug-likeness (QED) is 0.579. The number of aliphatic hydroxyl groups excluding tert-OH is 1. The van der Waals surface area contributed by atoms with Crippen molar-refractivity contribution in [1.82, 2.24) is 14.9 Å². The molecule has 0 saturated heterocycles. The van der Waals surface area contributed by atoms with Gasteiger partial charge in [-0.05, 0) is 37.6 Å². The van der Waals surface area contributed by atoms with Crippen molar-refractivity contribution in [3.05, 3.63) is 36.5 Å². The van der Waals surface area contributed by atoms with Crippen LogP contribution < -0.4 is 16.0 Å². The Morgan fingerprint density at radius 2 is 2.04 bits per heavy atom. The van der Waals surface area contributed by atoms with Gasteiger partial charge in [0.15, 0.2) is 0 Å². The number of amides is 2. The predicted molar refractivity (Wildman–Crippen MR) is 104 cm³/mol. The number of carbonyl (C=O) groups is 1. The molecule has 140 valence electrons. The summed E-state index contributed by atoms with van der Waals surface area (Å²) in [6.45, 7) is 4.57. The van der Waals surface area contributed by atoms with Crippen LogP contribution in [0.3, 0.4) is 0 Å². The van der Waals surface area contributed by atoms with Crippen LogP contribution in [0.4, 0.5) is 27.9 Å². The second-order valence-electron chi connectivity index (χ2n) is 5.85. The molecule has 0 aliphatic carbocycles. The summed E-state index contributed by atoms with van der Waals surface area (Å²) in [4.78, 5) is 22.1. The van der Waals surface area contributed by atoms with E-state index in [1.54, 1.807) is 24.2 Å². The van der Waals surface area contributed by atoms with E-state index in [1.807, 2.05) is 38.1 Å². The zero-order valence-electron chi connectivity index (χ0n) is 15.4. The summed E-state index contributed by atoms with van der Waals surface area (Å²) in [6, 6.07) is 8.87. The van der Waals surface area contributed by atoms with Crippen molar-refractivity contribution in [2.24, 2.45) is 0 Å². The van der Waals surface area contributed by atoms with Crippen LogP contribution in [-0.2, 0) is 0 Å². The van der Waals surface area contributed by atoms with Crippen molar-refractivity contribution in [2.75, 3.05) is 36.1 Å². The Morgan fingerprint density at radius 1 is 1.27 bits per heavy atom. The van der Waals surface area contributed by atoms with Gasteiger partial charge in [-0.1, -0.05) is 13.0 Å². The molecule has 2 aromatic rings. The van der Waals surface area contributed by atoms with Crippen LogP contribution in [0, 0.1) is 0 Å². The smallest absolute Gasteiger partial charge is 0.321 e. The van der Waals surface area contributed by atoms with Crippen LogP contribution >= 0.6 is 0 Å². The van der Waals surface area contributed by atoms with Gasteiger partial charge < -0.3 is 26.0 Å². The molecule has 0 aliphatic heterocycles. The fourth-order valence-corrected chi connectivity index (χ4v) is 2.15. The minimum atomic E-state index is -0.165. The molecule has 26 heavy (non-hydrogen) atoms. The summed E-state index contributed by atoms with van der Waals surface area (Å²) in [5.41, 5.74) is 1.44. The van der Waals surface area contributed by atoms with Gasteiger partial charge in [-0.3, -0.25) is 0 Å². The molecule has 1 aromatic heterocycles. The molecule has 8 heteroatoms. The lowest BCUT2D eigenvalue weighted by Crippen LogP contribution is -2.30. The van der Waals surface area contributed by atoms with Gasteiger partial charge >= 0.3 is 6.03 Å². The number of aliphatic hydroxyl groups is 1. The summed E-state index contributed by atoms with van der Waals surface area (Å²) >= 11 is 0. The summed E-state index contributed by atoms with van der Waals surface area (Å²) in [6.07, 6.45) is 2.43. The average molecular weight is 358 g/mol. The van der Waals surface area contributed by atoms with Gasteiger partial charge in [-0.2, -0.15) is 4.98 Å². The molecule has 0 bridgehead atoms. The number of nitrogens with zero attached hydrogens (tertiary/aromatic N) is 3. The third-order valence-corrected chi connectivity index (χ3v) is 3.91. The molecule has 0 radical (unpaired) electrons. The van der Waals surface area contributed by atoms with Crippen molar-refractivity contribution in [3.8, 4) is 0 Å². The number of urea groups is 1. The lowest BCUT2D eigenvalue weighted by molar-refractivity contribution is 0.224. The van der Waals surface area contributed by atoms with Gasteiger partial charge in [0.2, 0.25) is 5.95 Å². The average Bonchev–Trinajstić information content (AvgIpc) is 2.66. The number of aromatic nitrogens is 2. The molecule has 0 aliphatic rings. The minimum absolute atomic E-state index is 0.0389. The van der Waals surface area contributed by atoms with E-state index in [1.165, 1.54) is 0 Å². The van der Waals surface area contributed by atoms with Crippen LogP contribution in [0.5, 0.6) is 0 Å². The first kappa shape index (κ1) is 19.5. The zero-order chi connectivity index (χ0) is 18.9. The predicted octanol–water partition coefficient (Wildman–Crippen LogP) is 2.89. The molecule has 0 saturated carbocycles. The Hall–Kier alpha value is -2.87. The molecular formula is C18H26N6O2. The van der Waals surface area contributed by atoms with Gasteiger partial charge in [0.1, 0.15) is 5.82 Å². The molecule has 0 spiro atoms. The Balaban J connectivity index is 2.07. The van der Waals surface area contributed by atoms with E-state index in [9.17, 15) is 9.90 Å². The standard InChI is InChI=1S/C18H26N6O2/c1-4-13(12-25)20-16-9-10-19-17(23-16)21-14-7-6-8-15(11-14)22-18(26)24(3)5-2/h6-11,13,25H,4-5,12H2,1-3H3,(H,22,26)(H2,19,20,21,23)/t13-/m0/s1. The van der Waals surface area contributed by atoms with Crippen molar-refractivity contribution >= 4 is 29.2 Å². The highest BCUT2D eigenvalue weighted by Gasteiger charge is 2.08. The van der Waals surface area contributed by atoms with Gasteiger partial charge in [-0.25, -0.2) is 9.78 Å².